The summed E-state index contributed by atoms with van der Waals surface area (Å²) in [5.41, 5.74) is 0.560. The van der Waals surface area contributed by atoms with E-state index in [2.05, 4.69) is 41.5 Å². The molecule has 4 rings (SSSR count). The van der Waals surface area contributed by atoms with Crippen molar-refractivity contribution in [2.45, 2.75) is 71.0 Å². The van der Waals surface area contributed by atoms with Crippen molar-refractivity contribution in [3.63, 3.8) is 0 Å². The summed E-state index contributed by atoms with van der Waals surface area (Å²) in [6.45, 7) is 7.85. The summed E-state index contributed by atoms with van der Waals surface area (Å²) in [6.07, 6.45) is 8.82. The van der Waals surface area contributed by atoms with Gasteiger partial charge in [0.05, 0.1) is 12.0 Å². The number of hydrogen-bond donors (Lipinski definition) is 3. The number of allylic oxidation sites excluding steroid dienone is 2. The first-order chi connectivity index (χ1) is 16.8. The number of nitrogens with one attached hydrogen (secondary N) is 2. The fourth-order valence-electron chi connectivity index (χ4n) is 5.67. The number of benzene rings is 1. The number of fused-ring (bicyclic) bond motifs is 1. The Labute approximate surface area is 209 Å². The smallest absolute Gasteiger partial charge is 0.242 e. The molecule has 0 bridgehead atoms. The number of phenols is 1. The minimum absolute atomic E-state index is 0.00376. The Balaban J connectivity index is 1.50. The predicted octanol–water partition coefficient (Wildman–Crippen LogP) is 3.38. The molecule has 0 aromatic heterocycles. The fraction of sp³-hybridized carbons (Fsp3) is 0.643. The number of hydrogen-bond acceptors (Lipinski definition) is 5. The molecule has 3 heterocycles. The highest BCUT2D eigenvalue weighted by molar-refractivity contribution is 5.90. The number of carbonyl (C=O) groups excluding carboxylic acids is 2. The average Bonchev–Trinajstić information content (AvgIpc) is 2.82. The normalized spacial score (nSPS) is 28.9. The van der Waals surface area contributed by atoms with E-state index in [1.54, 1.807) is 12.1 Å². The van der Waals surface area contributed by atoms with Crippen molar-refractivity contribution in [2.75, 3.05) is 26.3 Å². The second-order valence-electron chi connectivity index (χ2n) is 11.0. The van der Waals surface area contributed by atoms with Crippen molar-refractivity contribution >= 4 is 11.8 Å². The van der Waals surface area contributed by atoms with E-state index in [9.17, 15) is 14.7 Å². The standard InChI is InChI=1S/C28H41N3O4/c1-20(2)16-25-26(33)29-24-9-15-35-19-22(24)7-3-4-10-28(27(34)30-25)11-13-31(14-12-28)18-21-6-5-8-23(32)17-21/h3-6,8,17,20,22,24-25,32H,7,9-16,18-19H2,1-2H3,(H,29,33)(H,30,34)/b4-3+/t22-,24+,25+/m0/s1. The van der Waals surface area contributed by atoms with E-state index < -0.39 is 11.5 Å². The molecule has 2 amide bonds. The molecule has 0 unspecified atom stereocenters. The van der Waals surface area contributed by atoms with Gasteiger partial charge in [-0.05, 0) is 75.2 Å². The monoisotopic (exact) mass is 483 g/mol. The van der Waals surface area contributed by atoms with Gasteiger partial charge in [0.25, 0.3) is 0 Å². The van der Waals surface area contributed by atoms with Crippen LogP contribution in [-0.4, -0.2) is 60.2 Å². The highest BCUT2D eigenvalue weighted by Crippen LogP contribution is 2.37. The van der Waals surface area contributed by atoms with E-state index in [0.29, 0.717) is 32.0 Å². The van der Waals surface area contributed by atoms with E-state index in [1.165, 1.54) is 0 Å². The summed E-state index contributed by atoms with van der Waals surface area (Å²) in [5.74, 6) is 0.775. The molecule has 3 aliphatic heterocycles. The number of piperidine rings is 1. The SMILES string of the molecule is CC(C)C[C@H]1NC(=O)C2(C/C=C/C[C@H]3COCC[C@H]3NC1=O)CCN(Cc1cccc(O)c1)CC2. The van der Waals surface area contributed by atoms with Crippen molar-refractivity contribution in [1.29, 1.82) is 0 Å². The van der Waals surface area contributed by atoms with E-state index >= 15 is 0 Å². The molecule has 3 atom stereocenters. The van der Waals surface area contributed by atoms with Crippen molar-refractivity contribution in [2.24, 2.45) is 17.3 Å². The Morgan fingerprint density at radius 2 is 1.97 bits per heavy atom. The number of likely N-dealkylation sites (tertiary alicyclic amines) is 1. The molecule has 2 saturated heterocycles. The third-order valence-corrected chi connectivity index (χ3v) is 7.86. The van der Waals surface area contributed by atoms with Crippen LogP contribution >= 0.6 is 0 Å². The Morgan fingerprint density at radius 3 is 2.71 bits per heavy atom. The molecule has 1 spiro atoms. The molecule has 35 heavy (non-hydrogen) atoms. The molecule has 1 aromatic carbocycles. The summed E-state index contributed by atoms with van der Waals surface area (Å²) in [7, 11) is 0. The third kappa shape index (κ3) is 6.64. The fourth-order valence-corrected chi connectivity index (χ4v) is 5.67. The van der Waals surface area contributed by atoms with Crippen molar-refractivity contribution in [1.82, 2.24) is 15.5 Å². The highest BCUT2D eigenvalue weighted by atomic mass is 16.5. The van der Waals surface area contributed by atoms with E-state index in [-0.39, 0.29) is 29.5 Å². The molecule has 7 nitrogen and oxygen atoms in total. The van der Waals surface area contributed by atoms with Gasteiger partial charge < -0.3 is 20.5 Å². The lowest BCUT2D eigenvalue weighted by Crippen LogP contribution is -2.57. The quantitative estimate of drug-likeness (QED) is 0.571. The first-order valence-corrected chi connectivity index (χ1v) is 13.2. The summed E-state index contributed by atoms with van der Waals surface area (Å²) in [6, 6.07) is 6.93. The number of amides is 2. The van der Waals surface area contributed by atoms with Gasteiger partial charge in [-0.15, -0.1) is 0 Å². The minimum atomic E-state index is -0.517. The van der Waals surface area contributed by atoms with Crippen LogP contribution < -0.4 is 10.6 Å². The second-order valence-corrected chi connectivity index (χ2v) is 11.0. The molecular formula is C28H41N3O4. The molecular weight excluding hydrogens is 442 g/mol. The molecule has 7 heteroatoms. The maximum atomic E-state index is 13.7. The first-order valence-electron chi connectivity index (χ1n) is 13.2. The van der Waals surface area contributed by atoms with Crippen LogP contribution in [0.25, 0.3) is 0 Å². The number of phenolic OH excluding ortho intramolecular Hbond substituents is 1. The first kappa shape index (κ1) is 25.7. The van der Waals surface area contributed by atoms with Gasteiger partial charge in [-0.2, -0.15) is 0 Å². The predicted molar refractivity (Wildman–Crippen MR) is 136 cm³/mol. The van der Waals surface area contributed by atoms with E-state index in [1.807, 2.05) is 12.1 Å². The van der Waals surface area contributed by atoms with Gasteiger partial charge >= 0.3 is 0 Å². The van der Waals surface area contributed by atoms with Crippen molar-refractivity contribution in [3.8, 4) is 5.75 Å². The van der Waals surface area contributed by atoms with E-state index in [0.717, 1.165) is 50.9 Å². The zero-order chi connectivity index (χ0) is 24.8. The van der Waals surface area contributed by atoms with Gasteiger partial charge in [-0.25, -0.2) is 0 Å². The van der Waals surface area contributed by atoms with E-state index in [4.69, 9.17) is 4.74 Å². The maximum absolute atomic E-state index is 13.7. The van der Waals surface area contributed by atoms with Gasteiger partial charge in [0, 0.05) is 25.1 Å². The van der Waals surface area contributed by atoms with Crippen LogP contribution in [0.3, 0.4) is 0 Å². The van der Waals surface area contributed by atoms with Gasteiger partial charge in [-0.3, -0.25) is 14.5 Å². The van der Waals surface area contributed by atoms with Crippen LogP contribution in [-0.2, 0) is 20.9 Å². The lowest BCUT2D eigenvalue weighted by molar-refractivity contribution is -0.138. The van der Waals surface area contributed by atoms with Crippen LogP contribution in [0.5, 0.6) is 5.75 Å². The zero-order valence-electron chi connectivity index (χ0n) is 21.2. The summed E-state index contributed by atoms with van der Waals surface area (Å²) < 4.78 is 5.71. The third-order valence-electron chi connectivity index (χ3n) is 7.86. The number of nitrogens with zero attached hydrogens (tertiary/aromatic N) is 1. The van der Waals surface area contributed by atoms with Gasteiger partial charge in [-0.1, -0.05) is 38.1 Å². The molecule has 1 aromatic rings. The molecule has 0 saturated carbocycles. The van der Waals surface area contributed by atoms with Crippen molar-refractivity contribution < 1.29 is 19.4 Å². The van der Waals surface area contributed by atoms with Crippen LogP contribution in [0.15, 0.2) is 36.4 Å². The number of rotatable bonds is 4. The summed E-state index contributed by atoms with van der Waals surface area (Å²) >= 11 is 0. The van der Waals surface area contributed by atoms with Crippen molar-refractivity contribution in [3.05, 3.63) is 42.0 Å². The molecule has 192 valence electrons. The van der Waals surface area contributed by atoms with Gasteiger partial charge in [0.2, 0.25) is 11.8 Å². The van der Waals surface area contributed by atoms with Crippen LogP contribution in [0.1, 0.15) is 57.9 Å². The van der Waals surface area contributed by atoms with Gasteiger partial charge in [0.1, 0.15) is 11.8 Å². The summed E-state index contributed by atoms with van der Waals surface area (Å²) in [5, 5.41) is 16.2. The Kier molecular flexibility index (Phi) is 8.50. The topological polar surface area (TPSA) is 90.9 Å². The van der Waals surface area contributed by atoms with Crippen LogP contribution in [0.4, 0.5) is 0 Å². The number of ether oxygens (including phenoxy) is 1. The molecule has 0 radical (unpaired) electrons. The lowest BCUT2D eigenvalue weighted by atomic mass is 9.74. The lowest BCUT2D eigenvalue weighted by Gasteiger charge is -2.41. The summed E-state index contributed by atoms with van der Waals surface area (Å²) in [4.78, 5) is 29.4. The minimum Gasteiger partial charge on any atom is -0.508 e. The zero-order valence-corrected chi connectivity index (χ0v) is 21.2. The molecule has 3 aliphatic rings. The Bertz CT molecular complexity index is 907. The number of aromatic hydroxyl groups is 1. The van der Waals surface area contributed by atoms with Crippen LogP contribution in [0, 0.1) is 17.3 Å². The number of carbonyl (C=O) groups is 2. The maximum Gasteiger partial charge on any atom is 0.242 e. The largest absolute Gasteiger partial charge is 0.508 e. The highest BCUT2D eigenvalue weighted by Gasteiger charge is 2.42. The molecule has 0 aliphatic carbocycles. The Hall–Kier alpha value is -2.38. The molecule has 3 N–H and O–H groups in total. The second kappa shape index (κ2) is 11.6. The average molecular weight is 484 g/mol. The molecule has 2 fully saturated rings. The Morgan fingerprint density at radius 1 is 1.17 bits per heavy atom. The van der Waals surface area contributed by atoms with Crippen LogP contribution in [0.2, 0.25) is 0 Å². The van der Waals surface area contributed by atoms with Gasteiger partial charge in [0.15, 0.2) is 0 Å².